The van der Waals surface area contributed by atoms with E-state index in [1.54, 1.807) is 24.3 Å². The molecule has 6 nitrogen and oxygen atoms in total. The van der Waals surface area contributed by atoms with Crippen molar-refractivity contribution < 1.29 is 24.2 Å². The van der Waals surface area contributed by atoms with Gasteiger partial charge < -0.3 is 14.6 Å². The topological polar surface area (TPSA) is 76.1 Å². The molecule has 1 aromatic carbocycles. The van der Waals surface area contributed by atoms with Crippen LogP contribution in [0.5, 0.6) is 5.75 Å². The van der Waals surface area contributed by atoms with E-state index in [0.717, 1.165) is 0 Å². The Morgan fingerprint density at radius 1 is 1.59 bits per heavy atom. The fourth-order valence-electron chi connectivity index (χ4n) is 1.58. The number of carboxylic acid groups (broad SMARTS) is 1. The number of nitrogens with zero attached hydrogens (tertiary/aromatic N) is 1. The second-order valence-corrected chi connectivity index (χ2v) is 3.52. The Balaban J connectivity index is 2.22. The number of methoxy groups -OCH3 is 1. The molecule has 17 heavy (non-hydrogen) atoms. The zero-order chi connectivity index (χ0) is 12.4. The number of carbonyl (C=O) groups excluding carboxylic acids is 1. The lowest BCUT2D eigenvalue weighted by atomic mass is 10.2. The number of ether oxygens (including phenoxy) is 2. The Morgan fingerprint density at radius 3 is 2.94 bits per heavy atom. The van der Waals surface area contributed by atoms with Crippen molar-refractivity contribution in [3.63, 3.8) is 0 Å². The third-order valence-electron chi connectivity index (χ3n) is 2.45. The van der Waals surface area contributed by atoms with Crippen LogP contribution >= 0.6 is 0 Å². The van der Waals surface area contributed by atoms with E-state index in [-0.39, 0.29) is 6.54 Å². The van der Waals surface area contributed by atoms with Crippen molar-refractivity contribution in [3.8, 4) is 5.75 Å². The summed E-state index contributed by atoms with van der Waals surface area (Å²) in [6.45, 7) is 0.00132. The third-order valence-corrected chi connectivity index (χ3v) is 2.45. The smallest absolute Gasteiger partial charge is 0.415 e. The molecule has 1 amide bonds. The van der Waals surface area contributed by atoms with E-state index in [2.05, 4.69) is 0 Å². The Bertz CT molecular complexity index is 459. The van der Waals surface area contributed by atoms with Gasteiger partial charge in [0.2, 0.25) is 6.10 Å². The normalized spacial score (nSPS) is 19.0. The molecule has 0 saturated carbocycles. The highest BCUT2D eigenvalue weighted by Gasteiger charge is 2.36. The number of rotatable bonds is 3. The van der Waals surface area contributed by atoms with Gasteiger partial charge in [-0.1, -0.05) is 6.07 Å². The van der Waals surface area contributed by atoms with Crippen LogP contribution in [0.2, 0.25) is 0 Å². The van der Waals surface area contributed by atoms with Crippen LogP contribution in [-0.2, 0) is 9.53 Å². The summed E-state index contributed by atoms with van der Waals surface area (Å²) in [4.78, 5) is 23.5. The molecule has 0 aromatic heterocycles. The molecule has 1 aromatic rings. The summed E-state index contributed by atoms with van der Waals surface area (Å²) in [6, 6.07) is 6.79. The fourth-order valence-corrected chi connectivity index (χ4v) is 1.58. The quantitative estimate of drug-likeness (QED) is 0.852. The zero-order valence-corrected chi connectivity index (χ0v) is 9.12. The number of carbonyl (C=O) groups is 2. The summed E-state index contributed by atoms with van der Waals surface area (Å²) in [5.74, 6) is -0.558. The van der Waals surface area contributed by atoms with Gasteiger partial charge in [0, 0.05) is 6.07 Å². The lowest BCUT2D eigenvalue weighted by molar-refractivity contribution is -0.144. The van der Waals surface area contributed by atoms with E-state index in [1.807, 2.05) is 0 Å². The average Bonchev–Trinajstić information content (AvgIpc) is 2.72. The highest BCUT2D eigenvalue weighted by molar-refractivity contribution is 5.94. The van der Waals surface area contributed by atoms with Gasteiger partial charge in [0.1, 0.15) is 5.75 Å². The van der Waals surface area contributed by atoms with Crippen molar-refractivity contribution >= 4 is 17.7 Å². The Labute approximate surface area is 97.4 Å². The van der Waals surface area contributed by atoms with Crippen molar-refractivity contribution in [1.82, 2.24) is 0 Å². The zero-order valence-electron chi connectivity index (χ0n) is 9.12. The minimum absolute atomic E-state index is 0.00132. The molecule has 1 aliphatic rings. The molecule has 6 heteroatoms. The molecule has 1 saturated heterocycles. The van der Waals surface area contributed by atoms with Crippen molar-refractivity contribution in [2.45, 2.75) is 6.10 Å². The SMILES string of the molecule is COc1cccc(N2C[C@H](C(=O)O)OC2=O)c1. The molecule has 2 rings (SSSR count). The van der Waals surface area contributed by atoms with E-state index in [4.69, 9.17) is 14.6 Å². The van der Waals surface area contributed by atoms with Gasteiger partial charge >= 0.3 is 12.1 Å². The second kappa shape index (κ2) is 4.32. The summed E-state index contributed by atoms with van der Waals surface area (Å²) in [6.07, 6.45) is -1.78. The molecule has 0 bridgehead atoms. The largest absolute Gasteiger partial charge is 0.497 e. The summed E-state index contributed by atoms with van der Waals surface area (Å²) in [7, 11) is 1.52. The van der Waals surface area contributed by atoms with Crippen LogP contribution in [-0.4, -0.2) is 36.9 Å². The number of anilines is 1. The van der Waals surface area contributed by atoms with Crippen molar-refractivity contribution in [2.75, 3.05) is 18.6 Å². The van der Waals surface area contributed by atoms with Crippen LogP contribution in [0, 0.1) is 0 Å². The number of carboxylic acids is 1. The maximum Gasteiger partial charge on any atom is 0.415 e. The number of hydrogen-bond acceptors (Lipinski definition) is 4. The molecule has 0 unspecified atom stereocenters. The van der Waals surface area contributed by atoms with Crippen LogP contribution in [0.25, 0.3) is 0 Å². The number of amides is 1. The number of cyclic esters (lactones) is 1. The molecule has 0 spiro atoms. The second-order valence-electron chi connectivity index (χ2n) is 3.52. The highest BCUT2D eigenvalue weighted by Crippen LogP contribution is 2.25. The van der Waals surface area contributed by atoms with E-state index in [0.29, 0.717) is 11.4 Å². The van der Waals surface area contributed by atoms with E-state index in [9.17, 15) is 9.59 Å². The summed E-state index contributed by atoms with van der Waals surface area (Å²) in [5, 5.41) is 8.77. The molecule has 1 atom stereocenters. The first-order chi connectivity index (χ1) is 8.11. The lowest BCUT2D eigenvalue weighted by Gasteiger charge is -2.13. The molecule has 90 valence electrons. The Hall–Kier alpha value is -2.24. The van der Waals surface area contributed by atoms with Gasteiger partial charge in [-0.15, -0.1) is 0 Å². The lowest BCUT2D eigenvalue weighted by Crippen LogP contribution is -2.27. The average molecular weight is 237 g/mol. The van der Waals surface area contributed by atoms with Crippen LogP contribution in [0.4, 0.5) is 10.5 Å². The standard InChI is InChI=1S/C11H11NO5/c1-16-8-4-2-3-7(5-8)12-6-9(10(13)14)17-11(12)15/h2-5,9H,6H2,1H3,(H,13,14)/t9-/m1/s1. The molecule has 1 heterocycles. The van der Waals surface area contributed by atoms with Crippen LogP contribution in [0.3, 0.4) is 0 Å². The predicted octanol–water partition coefficient (Wildman–Crippen LogP) is 1.10. The molecule has 0 aliphatic carbocycles. The molecule has 1 fully saturated rings. The predicted molar refractivity (Wildman–Crippen MR) is 58.2 cm³/mol. The number of aliphatic carboxylic acids is 1. The van der Waals surface area contributed by atoms with Crippen molar-refractivity contribution in [3.05, 3.63) is 24.3 Å². The summed E-state index contributed by atoms with van der Waals surface area (Å²) in [5.41, 5.74) is 0.554. The van der Waals surface area contributed by atoms with Gasteiger partial charge in [0.25, 0.3) is 0 Å². The number of benzene rings is 1. The van der Waals surface area contributed by atoms with E-state index < -0.39 is 18.2 Å². The van der Waals surface area contributed by atoms with Gasteiger partial charge in [0.05, 0.1) is 19.3 Å². The maximum atomic E-state index is 11.5. The molecule has 0 radical (unpaired) electrons. The summed E-state index contributed by atoms with van der Waals surface area (Å²) >= 11 is 0. The summed E-state index contributed by atoms with van der Waals surface area (Å²) < 4.78 is 9.74. The number of hydrogen-bond donors (Lipinski definition) is 1. The monoisotopic (exact) mass is 237 g/mol. The first kappa shape index (κ1) is 11.3. The van der Waals surface area contributed by atoms with Gasteiger partial charge in [-0.2, -0.15) is 0 Å². The first-order valence-corrected chi connectivity index (χ1v) is 4.97. The Kier molecular flexibility index (Phi) is 2.86. The minimum Gasteiger partial charge on any atom is -0.497 e. The van der Waals surface area contributed by atoms with Gasteiger partial charge in [-0.25, -0.2) is 9.59 Å². The maximum absolute atomic E-state index is 11.5. The van der Waals surface area contributed by atoms with Crippen molar-refractivity contribution in [2.24, 2.45) is 0 Å². The van der Waals surface area contributed by atoms with Crippen molar-refractivity contribution in [1.29, 1.82) is 0 Å². The van der Waals surface area contributed by atoms with Gasteiger partial charge in [0.15, 0.2) is 0 Å². The minimum atomic E-state index is -1.15. The van der Waals surface area contributed by atoms with Crippen LogP contribution < -0.4 is 9.64 Å². The van der Waals surface area contributed by atoms with Gasteiger partial charge in [-0.3, -0.25) is 4.90 Å². The van der Waals surface area contributed by atoms with E-state index >= 15 is 0 Å². The first-order valence-electron chi connectivity index (χ1n) is 4.97. The molecular weight excluding hydrogens is 226 g/mol. The van der Waals surface area contributed by atoms with E-state index in [1.165, 1.54) is 12.0 Å². The highest BCUT2D eigenvalue weighted by atomic mass is 16.6. The Morgan fingerprint density at radius 2 is 2.35 bits per heavy atom. The third kappa shape index (κ3) is 2.15. The molecular formula is C11H11NO5. The van der Waals surface area contributed by atoms with Crippen LogP contribution in [0.1, 0.15) is 0 Å². The van der Waals surface area contributed by atoms with Crippen LogP contribution in [0.15, 0.2) is 24.3 Å². The molecule has 1 aliphatic heterocycles. The molecule has 1 N–H and O–H groups in total. The van der Waals surface area contributed by atoms with Gasteiger partial charge in [-0.05, 0) is 12.1 Å². The fraction of sp³-hybridized carbons (Fsp3) is 0.273.